The van der Waals surface area contributed by atoms with Crippen molar-refractivity contribution in [3.63, 3.8) is 0 Å². The number of hydrogen-bond acceptors (Lipinski definition) is 2. The predicted octanol–water partition coefficient (Wildman–Crippen LogP) is 14.5. The zero-order valence-electron chi connectivity index (χ0n) is 34.4. The van der Waals surface area contributed by atoms with Crippen LogP contribution in [0, 0.1) is 0 Å². The molecule has 2 aliphatic rings. The smallest absolute Gasteiger partial charge is 0.222 e. The number of hydrogen-bond donors (Lipinski definition) is 0. The molecule has 2 saturated heterocycles. The van der Waals surface area contributed by atoms with Crippen molar-refractivity contribution in [3.05, 3.63) is 0 Å². The zero-order valence-corrected chi connectivity index (χ0v) is 34.4. The number of carbonyl (C=O) groups excluding carboxylic acids is 2. The second-order valence-corrected chi connectivity index (χ2v) is 16.3. The normalized spacial score (nSPS) is 15.3. The summed E-state index contributed by atoms with van der Waals surface area (Å²) in [6.45, 7) is 8.62. The van der Waals surface area contributed by atoms with E-state index in [4.69, 9.17) is 0 Å². The van der Waals surface area contributed by atoms with Crippen molar-refractivity contribution >= 4 is 11.8 Å². The molecule has 0 saturated carbocycles. The Morgan fingerprint density at radius 1 is 0.300 bits per heavy atom. The molecule has 0 N–H and O–H groups in total. The Bertz CT molecular complexity index is 709. The molecular weight excluding hydrogens is 613 g/mol. The van der Waals surface area contributed by atoms with Crippen LogP contribution in [0.4, 0.5) is 0 Å². The molecule has 2 aliphatic heterocycles. The zero-order chi connectivity index (χ0) is 36.0. The Morgan fingerprint density at radius 2 is 0.500 bits per heavy atom. The van der Waals surface area contributed by atoms with Gasteiger partial charge in [-0.05, 0) is 38.5 Å². The van der Waals surface area contributed by atoms with Crippen LogP contribution in [0.3, 0.4) is 0 Å². The lowest BCUT2D eigenvalue weighted by Crippen LogP contribution is -2.31. The maximum absolute atomic E-state index is 12.2. The van der Waals surface area contributed by atoms with Crippen molar-refractivity contribution in [1.82, 2.24) is 9.80 Å². The lowest BCUT2D eigenvalue weighted by molar-refractivity contribution is -0.132. The summed E-state index contributed by atoms with van der Waals surface area (Å²) < 4.78 is 0. The molecule has 0 atom stereocenters. The van der Waals surface area contributed by atoms with E-state index in [-0.39, 0.29) is 0 Å². The van der Waals surface area contributed by atoms with Crippen LogP contribution in [0.25, 0.3) is 0 Å². The first-order valence-electron chi connectivity index (χ1n) is 23.2. The third-order valence-corrected chi connectivity index (χ3v) is 11.4. The van der Waals surface area contributed by atoms with Gasteiger partial charge in [0.2, 0.25) is 11.8 Å². The topological polar surface area (TPSA) is 40.6 Å². The second-order valence-electron chi connectivity index (χ2n) is 16.3. The molecule has 4 heteroatoms. The van der Waals surface area contributed by atoms with E-state index in [0.717, 1.165) is 51.9 Å². The van der Waals surface area contributed by atoms with Crippen LogP contribution < -0.4 is 0 Å². The van der Waals surface area contributed by atoms with Crippen LogP contribution >= 0.6 is 0 Å². The molecule has 50 heavy (non-hydrogen) atoms. The Hall–Kier alpha value is -1.06. The van der Waals surface area contributed by atoms with E-state index in [1.807, 2.05) is 0 Å². The van der Waals surface area contributed by atoms with Crippen molar-refractivity contribution in [3.8, 4) is 0 Å². The van der Waals surface area contributed by atoms with Gasteiger partial charge in [-0.1, -0.05) is 206 Å². The summed E-state index contributed by atoms with van der Waals surface area (Å²) in [5.41, 5.74) is 0. The van der Waals surface area contributed by atoms with Crippen LogP contribution in [-0.4, -0.2) is 47.8 Å². The highest BCUT2D eigenvalue weighted by molar-refractivity contribution is 5.76. The van der Waals surface area contributed by atoms with Crippen LogP contribution in [0.5, 0.6) is 0 Å². The third-order valence-electron chi connectivity index (χ3n) is 11.4. The van der Waals surface area contributed by atoms with Crippen LogP contribution in [-0.2, 0) is 9.59 Å². The van der Waals surface area contributed by atoms with Crippen molar-refractivity contribution < 1.29 is 9.59 Å². The highest BCUT2D eigenvalue weighted by Gasteiger charge is 2.15. The molecule has 0 aromatic heterocycles. The van der Waals surface area contributed by atoms with Gasteiger partial charge in [0.1, 0.15) is 0 Å². The number of likely N-dealkylation sites (tertiary alicyclic amines) is 2. The first kappa shape index (κ1) is 47.0. The van der Waals surface area contributed by atoms with Crippen LogP contribution in [0.1, 0.15) is 258 Å². The Kier molecular flexibility index (Phi) is 35.4. The quantitative estimate of drug-likeness (QED) is 0.0699. The fraction of sp³-hybridized carbons (Fsp3) is 0.957. The van der Waals surface area contributed by atoms with E-state index < -0.39 is 0 Å². The van der Waals surface area contributed by atoms with E-state index in [9.17, 15) is 9.59 Å². The van der Waals surface area contributed by atoms with E-state index in [2.05, 4.69) is 23.6 Å². The standard InChI is InChI=1S/C24H47NO.C22H43NO/c1-2-3-4-5-6-7-8-9-10-11-12-13-14-15-18-21-24(26)25-22-19-16-17-20-23-25;1-2-3-4-5-6-7-8-9-10-11-12-13-16-19-22(24)23-20-17-14-15-18-21-23/h2-23H2,1H3;2-21H2,1H3. The van der Waals surface area contributed by atoms with Gasteiger partial charge in [-0.25, -0.2) is 0 Å². The Balaban J connectivity index is 0.000000502. The second kappa shape index (κ2) is 37.7. The molecule has 0 unspecified atom stereocenters. The first-order chi connectivity index (χ1) is 24.7. The monoisotopic (exact) mass is 703 g/mol. The van der Waals surface area contributed by atoms with Crippen LogP contribution in [0.15, 0.2) is 0 Å². The molecule has 2 amide bonds. The number of nitrogens with zero attached hydrogens (tertiary/aromatic N) is 2. The summed E-state index contributed by atoms with van der Waals surface area (Å²) in [5, 5.41) is 0. The van der Waals surface area contributed by atoms with Crippen molar-refractivity contribution in [2.24, 2.45) is 0 Å². The highest BCUT2D eigenvalue weighted by atomic mass is 16.2. The molecule has 0 radical (unpaired) electrons. The van der Waals surface area contributed by atoms with Crippen molar-refractivity contribution in [2.45, 2.75) is 258 Å². The summed E-state index contributed by atoms with van der Waals surface area (Å²) in [6, 6.07) is 0. The lowest BCUT2D eigenvalue weighted by atomic mass is 10.0. The maximum Gasteiger partial charge on any atom is 0.222 e. The lowest BCUT2D eigenvalue weighted by Gasteiger charge is -2.20. The van der Waals surface area contributed by atoms with Gasteiger partial charge in [0.05, 0.1) is 0 Å². The van der Waals surface area contributed by atoms with Crippen molar-refractivity contribution in [1.29, 1.82) is 0 Å². The molecule has 2 rings (SSSR count). The van der Waals surface area contributed by atoms with E-state index >= 15 is 0 Å². The first-order valence-corrected chi connectivity index (χ1v) is 23.2. The van der Waals surface area contributed by atoms with Crippen LogP contribution in [0.2, 0.25) is 0 Å². The molecule has 0 spiro atoms. The van der Waals surface area contributed by atoms with Gasteiger partial charge < -0.3 is 9.80 Å². The highest BCUT2D eigenvalue weighted by Crippen LogP contribution is 2.17. The van der Waals surface area contributed by atoms with Gasteiger partial charge in [-0.3, -0.25) is 9.59 Å². The van der Waals surface area contributed by atoms with E-state index in [0.29, 0.717) is 11.8 Å². The predicted molar refractivity (Wildman–Crippen MR) is 220 cm³/mol. The molecule has 4 nitrogen and oxygen atoms in total. The SMILES string of the molecule is CCCCCCCCCCCCCCCC(=O)N1CCCCCC1.CCCCCCCCCCCCCCCCCC(=O)N1CCCCCC1. The summed E-state index contributed by atoms with van der Waals surface area (Å²) in [4.78, 5) is 28.6. The van der Waals surface area contributed by atoms with Gasteiger partial charge in [-0.15, -0.1) is 0 Å². The maximum atomic E-state index is 12.2. The molecule has 2 heterocycles. The molecule has 0 bridgehead atoms. The molecule has 2 fully saturated rings. The minimum absolute atomic E-state index is 0.417. The van der Waals surface area contributed by atoms with Gasteiger partial charge in [-0.2, -0.15) is 0 Å². The fourth-order valence-corrected chi connectivity index (χ4v) is 7.90. The summed E-state index contributed by atoms with van der Waals surface area (Å²) in [5.74, 6) is 0.835. The average Bonchev–Trinajstić information content (AvgIpc) is 3.59. The molecule has 0 aliphatic carbocycles. The molecule has 0 aromatic rings. The molecular formula is C46H90N2O2. The van der Waals surface area contributed by atoms with Gasteiger partial charge in [0, 0.05) is 39.0 Å². The van der Waals surface area contributed by atoms with E-state index in [1.54, 1.807) is 0 Å². The van der Waals surface area contributed by atoms with E-state index in [1.165, 1.54) is 218 Å². The molecule has 0 aromatic carbocycles. The van der Waals surface area contributed by atoms with Crippen molar-refractivity contribution in [2.75, 3.05) is 26.2 Å². The number of unbranched alkanes of at least 4 members (excludes halogenated alkanes) is 26. The summed E-state index contributed by atoms with van der Waals surface area (Å²) in [6.07, 6.45) is 50.3. The van der Waals surface area contributed by atoms with Gasteiger partial charge >= 0.3 is 0 Å². The number of amides is 2. The van der Waals surface area contributed by atoms with Gasteiger partial charge in [0.15, 0.2) is 0 Å². The van der Waals surface area contributed by atoms with Gasteiger partial charge in [0.25, 0.3) is 0 Å². The fourth-order valence-electron chi connectivity index (χ4n) is 7.90. The molecule has 296 valence electrons. The Labute approximate surface area is 314 Å². The summed E-state index contributed by atoms with van der Waals surface area (Å²) in [7, 11) is 0. The Morgan fingerprint density at radius 3 is 0.720 bits per heavy atom. The minimum Gasteiger partial charge on any atom is -0.343 e. The average molecular weight is 703 g/mol. The number of carbonyl (C=O) groups is 2. The minimum atomic E-state index is 0.417. The largest absolute Gasteiger partial charge is 0.343 e. The number of rotatable bonds is 30. The summed E-state index contributed by atoms with van der Waals surface area (Å²) >= 11 is 0. The third kappa shape index (κ3) is 30.6.